The lowest BCUT2D eigenvalue weighted by atomic mass is 9.83. The second kappa shape index (κ2) is 8.02. The van der Waals surface area contributed by atoms with Gasteiger partial charge >= 0.3 is 12.4 Å². The van der Waals surface area contributed by atoms with Gasteiger partial charge < -0.3 is 19.7 Å². The summed E-state index contributed by atoms with van der Waals surface area (Å²) in [6.07, 6.45) is -1.45. The molecular formula is C21H20BrF3N2O3. The number of alkyl halides is 3. The number of benzene rings is 2. The smallest absolute Gasteiger partial charge is 0.486 e. The van der Waals surface area contributed by atoms with Gasteiger partial charge in [-0.2, -0.15) is 0 Å². The maximum absolute atomic E-state index is 12.6. The third-order valence-electron chi connectivity index (χ3n) is 5.52. The van der Waals surface area contributed by atoms with E-state index >= 15 is 0 Å². The number of likely N-dealkylation sites (tertiary alicyclic amines) is 1. The first-order valence-corrected chi connectivity index (χ1v) is 10.4. The Morgan fingerprint density at radius 3 is 2.47 bits per heavy atom. The van der Waals surface area contributed by atoms with Crippen molar-refractivity contribution in [2.45, 2.75) is 37.6 Å². The van der Waals surface area contributed by atoms with Crippen molar-refractivity contribution >= 4 is 27.6 Å². The van der Waals surface area contributed by atoms with E-state index in [9.17, 15) is 18.0 Å². The Labute approximate surface area is 180 Å². The van der Waals surface area contributed by atoms with Gasteiger partial charge in [-0.3, -0.25) is 0 Å². The van der Waals surface area contributed by atoms with Gasteiger partial charge in [-0.05, 0) is 64.7 Å². The summed E-state index contributed by atoms with van der Waals surface area (Å²) < 4.78 is 47.9. The highest BCUT2D eigenvalue weighted by atomic mass is 79.9. The predicted octanol–water partition coefficient (Wildman–Crippen LogP) is 5.74. The van der Waals surface area contributed by atoms with Crippen LogP contribution < -0.4 is 14.8 Å². The summed E-state index contributed by atoms with van der Waals surface area (Å²) in [4.78, 5) is 14.3. The van der Waals surface area contributed by atoms with Crippen LogP contribution in [0, 0.1) is 0 Å². The van der Waals surface area contributed by atoms with Crippen LogP contribution in [0.15, 0.2) is 46.9 Å². The second-order valence-corrected chi connectivity index (χ2v) is 8.36. The minimum atomic E-state index is -4.74. The number of nitrogens with zero attached hydrogens (tertiary/aromatic N) is 1. The normalized spacial score (nSPS) is 17.8. The zero-order chi connectivity index (χ0) is 21.4. The molecule has 0 saturated carbocycles. The molecule has 2 heterocycles. The summed E-state index contributed by atoms with van der Waals surface area (Å²) in [7, 11) is 0. The first-order chi connectivity index (χ1) is 14.2. The number of hydrogen-bond donors (Lipinski definition) is 1. The minimum Gasteiger partial charge on any atom is -0.486 e. The Hall–Kier alpha value is -2.42. The highest BCUT2D eigenvalue weighted by Crippen LogP contribution is 2.42. The van der Waals surface area contributed by atoms with Crippen LogP contribution in [0.2, 0.25) is 0 Å². The van der Waals surface area contributed by atoms with E-state index in [-0.39, 0.29) is 17.4 Å². The first kappa shape index (κ1) is 20.8. The van der Waals surface area contributed by atoms with Gasteiger partial charge in [0.05, 0.1) is 4.47 Å². The van der Waals surface area contributed by atoms with Crippen molar-refractivity contribution < 1.29 is 27.4 Å². The number of carbonyl (C=O) groups excluding carboxylic acids is 1. The molecular weight excluding hydrogens is 465 g/mol. The predicted molar refractivity (Wildman–Crippen MR) is 109 cm³/mol. The van der Waals surface area contributed by atoms with Crippen LogP contribution in [0.3, 0.4) is 0 Å². The van der Waals surface area contributed by atoms with Crippen LogP contribution in [0.5, 0.6) is 11.5 Å². The number of carbonyl (C=O) groups is 1. The molecule has 0 unspecified atom stereocenters. The molecule has 1 saturated heterocycles. The van der Waals surface area contributed by atoms with Crippen molar-refractivity contribution in [2.75, 3.05) is 18.4 Å². The average molecular weight is 485 g/mol. The lowest BCUT2D eigenvalue weighted by molar-refractivity contribution is -0.274. The summed E-state index contributed by atoms with van der Waals surface area (Å²) >= 11 is 3.55. The molecule has 4 rings (SSSR count). The van der Waals surface area contributed by atoms with Crippen LogP contribution in [-0.2, 0) is 6.42 Å². The van der Waals surface area contributed by atoms with Crippen molar-refractivity contribution in [1.82, 2.24) is 4.90 Å². The fourth-order valence-corrected chi connectivity index (χ4v) is 4.39. The molecule has 2 aromatic rings. The molecule has 5 nitrogen and oxygen atoms in total. The monoisotopic (exact) mass is 484 g/mol. The summed E-state index contributed by atoms with van der Waals surface area (Å²) in [6, 6.07) is 10.8. The molecule has 30 heavy (non-hydrogen) atoms. The fraction of sp³-hybridized carbons (Fsp3) is 0.381. The largest absolute Gasteiger partial charge is 0.573 e. The van der Waals surface area contributed by atoms with Gasteiger partial charge in [-0.15, -0.1) is 13.2 Å². The summed E-state index contributed by atoms with van der Waals surface area (Å²) in [6.45, 7) is 1.09. The molecule has 1 fully saturated rings. The number of hydrogen-bond acceptors (Lipinski definition) is 3. The minimum absolute atomic E-state index is 0.274. The molecule has 2 amide bonds. The first-order valence-electron chi connectivity index (χ1n) is 9.61. The van der Waals surface area contributed by atoms with Crippen LogP contribution in [-0.4, -0.2) is 36.0 Å². The van der Waals surface area contributed by atoms with Crippen molar-refractivity contribution in [3.05, 3.63) is 52.5 Å². The Morgan fingerprint density at radius 1 is 1.10 bits per heavy atom. The summed E-state index contributed by atoms with van der Waals surface area (Å²) in [5.41, 5.74) is 1.32. The molecule has 2 aliphatic heterocycles. The molecule has 160 valence electrons. The van der Waals surface area contributed by atoms with E-state index < -0.39 is 6.36 Å². The van der Waals surface area contributed by atoms with Gasteiger partial charge in [-0.25, -0.2) is 4.79 Å². The number of ether oxygens (including phenoxy) is 2. The highest BCUT2D eigenvalue weighted by molar-refractivity contribution is 9.10. The summed E-state index contributed by atoms with van der Waals surface area (Å²) in [5, 5.41) is 2.72. The van der Waals surface area contributed by atoms with E-state index in [0.29, 0.717) is 18.8 Å². The number of para-hydroxylation sites is 1. The topological polar surface area (TPSA) is 50.8 Å². The number of amides is 2. The third-order valence-corrected chi connectivity index (χ3v) is 6.14. The number of anilines is 1. The van der Waals surface area contributed by atoms with E-state index in [1.165, 1.54) is 29.8 Å². The standard InChI is InChI=1S/C21H20BrF3N2O3/c22-17-3-1-2-14-8-9-20(30-18(14)17)10-12-27(13-11-20)19(28)26-15-4-6-16(7-5-15)29-21(23,24)25/h1-7H,8-13H2,(H,26,28). The van der Waals surface area contributed by atoms with Crippen LogP contribution >= 0.6 is 15.9 Å². The van der Waals surface area contributed by atoms with Gasteiger partial charge in [0.2, 0.25) is 0 Å². The Kier molecular flexibility index (Phi) is 5.57. The van der Waals surface area contributed by atoms with E-state index in [1.54, 1.807) is 4.90 Å². The number of aryl methyl sites for hydroxylation is 1. The maximum atomic E-state index is 12.6. The molecule has 0 aromatic heterocycles. The number of rotatable bonds is 2. The molecule has 1 spiro atoms. The summed E-state index contributed by atoms with van der Waals surface area (Å²) in [5.74, 6) is 0.559. The molecule has 0 radical (unpaired) electrons. The molecule has 9 heteroatoms. The molecule has 2 aromatic carbocycles. The van der Waals surface area contributed by atoms with Crippen LogP contribution in [0.25, 0.3) is 0 Å². The second-order valence-electron chi connectivity index (χ2n) is 7.50. The van der Waals surface area contributed by atoms with Gasteiger partial charge in [0.15, 0.2) is 0 Å². The van der Waals surface area contributed by atoms with Crippen molar-refractivity contribution in [3.8, 4) is 11.5 Å². The fourth-order valence-electron chi connectivity index (χ4n) is 3.91. The SMILES string of the molecule is O=C(Nc1ccc(OC(F)(F)F)cc1)N1CCC2(CCc3cccc(Br)c3O2)CC1. The number of halogens is 4. The Balaban J connectivity index is 1.33. The van der Waals surface area contributed by atoms with Gasteiger partial charge in [0, 0.05) is 31.6 Å². The molecule has 0 atom stereocenters. The van der Waals surface area contributed by atoms with Crippen molar-refractivity contribution in [2.24, 2.45) is 0 Å². The lowest BCUT2D eigenvalue weighted by Crippen LogP contribution is -2.52. The van der Waals surface area contributed by atoms with E-state index in [4.69, 9.17) is 4.74 Å². The van der Waals surface area contributed by atoms with Gasteiger partial charge in [0.25, 0.3) is 0 Å². The van der Waals surface area contributed by atoms with Crippen molar-refractivity contribution in [3.63, 3.8) is 0 Å². The third kappa shape index (κ3) is 4.66. The highest BCUT2D eigenvalue weighted by Gasteiger charge is 2.41. The number of urea groups is 1. The van der Waals surface area contributed by atoms with E-state index in [2.05, 4.69) is 32.0 Å². The van der Waals surface area contributed by atoms with Crippen LogP contribution in [0.1, 0.15) is 24.8 Å². The Morgan fingerprint density at radius 2 is 1.80 bits per heavy atom. The lowest BCUT2D eigenvalue weighted by Gasteiger charge is -2.44. The van der Waals surface area contributed by atoms with Gasteiger partial charge in [0.1, 0.15) is 17.1 Å². The van der Waals surface area contributed by atoms with Crippen molar-refractivity contribution in [1.29, 1.82) is 0 Å². The van der Waals surface area contributed by atoms with E-state index in [0.717, 1.165) is 35.9 Å². The average Bonchev–Trinajstić information content (AvgIpc) is 2.70. The molecule has 2 aliphatic rings. The number of fused-ring (bicyclic) bond motifs is 1. The number of piperidine rings is 1. The zero-order valence-electron chi connectivity index (χ0n) is 16.0. The van der Waals surface area contributed by atoms with Crippen LogP contribution in [0.4, 0.5) is 23.7 Å². The molecule has 1 N–H and O–H groups in total. The Bertz CT molecular complexity index is 926. The quantitative estimate of drug-likeness (QED) is 0.591. The maximum Gasteiger partial charge on any atom is 0.573 e. The number of nitrogens with one attached hydrogen (secondary N) is 1. The zero-order valence-corrected chi connectivity index (χ0v) is 17.6. The molecule has 0 aliphatic carbocycles. The molecule has 0 bridgehead atoms. The van der Waals surface area contributed by atoms with E-state index in [1.807, 2.05) is 12.1 Å². The van der Waals surface area contributed by atoms with Gasteiger partial charge in [-0.1, -0.05) is 12.1 Å².